The highest BCUT2D eigenvalue weighted by Gasteiger charge is 2.52. The van der Waals surface area contributed by atoms with Gasteiger partial charge in [0.15, 0.2) is 0 Å². The Morgan fingerprint density at radius 3 is 2.59 bits per heavy atom. The molecule has 1 spiro atoms. The third kappa shape index (κ3) is 2.54. The van der Waals surface area contributed by atoms with E-state index in [4.69, 9.17) is 4.74 Å². The minimum Gasteiger partial charge on any atom is -0.493 e. The molecule has 0 saturated heterocycles. The summed E-state index contributed by atoms with van der Waals surface area (Å²) in [6.07, 6.45) is 0.248. The van der Waals surface area contributed by atoms with Gasteiger partial charge in [0.25, 0.3) is 0 Å². The van der Waals surface area contributed by atoms with Crippen molar-refractivity contribution in [1.82, 2.24) is 0 Å². The Morgan fingerprint density at radius 2 is 1.85 bits per heavy atom. The second-order valence-electron chi connectivity index (χ2n) is 6.14. The summed E-state index contributed by atoms with van der Waals surface area (Å²) in [4.78, 5) is 12.8. The first kappa shape index (κ1) is 17.7. The van der Waals surface area contributed by atoms with Crippen LogP contribution in [0.3, 0.4) is 0 Å². The number of carbonyl (C=O) groups excluding carboxylic acids is 1. The molecule has 1 amide bonds. The van der Waals surface area contributed by atoms with E-state index in [0.29, 0.717) is 11.3 Å². The number of nitrogens with one attached hydrogen (secondary N) is 1. The maximum Gasteiger partial charge on any atom is 0.534 e. The van der Waals surface area contributed by atoms with Crippen LogP contribution in [0.2, 0.25) is 0 Å². The molecular weight excluding hydrogens is 387 g/mol. The van der Waals surface area contributed by atoms with Gasteiger partial charge in [0.2, 0.25) is 5.91 Å². The smallest absolute Gasteiger partial charge is 0.493 e. The number of hydrogen-bond donors (Lipinski definition) is 1. The van der Waals surface area contributed by atoms with Crippen LogP contribution in [0.1, 0.15) is 17.5 Å². The summed E-state index contributed by atoms with van der Waals surface area (Å²) < 4.78 is 70.2. The second kappa shape index (κ2) is 5.62. The highest BCUT2D eigenvalue weighted by Crippen LogP contribution is 2.51. The molecule has 2 aliphatic heterocycles. The van der Waals surface area contributed by atoms with Crippen LogP contribution in [-0.2, 0) is 20.3 Å². The number of carbonyl (C=O) groups is 1. The van der Waals surface area contributed by atoms with E-state index in [1.54, 1.807) is 24.3 Å². The lowest BCUT2D eigenvalue weighted by Crippen LogP contribution is -2.40. The fourth-order valence-corrected chi connectivity index (χ4v) is 3.93. The molecule has 4 rings (SSSR count). The largest absolute Gasteiger partial charge is 0.534 e. The summed E-state index contributed by atoms with van der Waals surface area (Å²) in [7, 11) is -5.83. The number of ether oxygens (including phenoxy) is 1. The van der Waals surface area contributed by atoms with E-state index in [-0.39, 0.29) is 30.2 Å². The second-order valence-corrected chi connectivity index (χ2v) is 7.68. The van der Waals surface area contributed by atoms with Crippen molar-refractivity contribution in [1.29, 1.82) is 0 Å². The van der Waals surface area contributed by atoms with Gasteiger partial charge in [-0.25, -0.2) is 0 Å². The Bertz CT molecular complexity index is 1050. The number of rotatable bonds is 2. The van der Waals surface area contributed by atoms with Crippen LogP contribution in [-0.4, -0.2) is 26.4 Å². The normalized spacial score (nSPS) is 21.2. The lowest BCUT2D eigenvalue weighted by Gasteiger charge is -2.34. The van der Waals surface area contributed by atoms with Crippen molar-refractivity contribution in [3.8, 4) is 11.5 Å². The molecule has 0 fully saturated rings. The number of alkyl halides is 3. The van der Waals surface area contributed by atoms with E-state index in [1.165, 1.54) is 6.07 Å². The summed E-state index contributed by atoms with van der Waals surface area (Å²) in [5.41, 5.74) is -5.26. The monoisotopic (exact) mass is 399 g/mol. The average molecular weight is 399 g/mol. The van der Waals surface area contributed by atoms with Gasteiger partial charge >= 0.3 is 15.6 Å². The first-order chi connectivity index (χ1) is 12.6. The van der Waals surface area contributed by atoms with Gasteiger partial charge in [0.05, 0.1) is 6.61 Å². The highest BCUT2D eigenvalue weighted by atomic mass is 32.2. The first-order valence-corrected chi connectivity index (χ1v) is 9.25. The van der Waals surface area contributed by atoms with E-state index >= 15 is 0 Å². The van der Waals surface area contributed by atoms with Crippen LogP contribution in [0.25, 0.3) is 0 Å². The molecule has 2 aliphatic rings. The number of amides is 1. The van der Waals surface area contributed by atoms with Crippen LogP contribution in [0.15, 0.2) is 42.5 Å². The number of benzene rings is 2. The molecule has 0 aliphatic carbocycles. The predicted octanol–water partition coefficient (Wildman–Crippen LogP) is 2.94. The third-order valence-electron chi connectivity index (χ3n) is 4.66. The van der Waals surface area contributed by atoms with Crippen molar-refractivity contribution in [3.63, 3.8) is 0 Å². The zero-order chi connectivity index (χ0) is 19.4. The molecule has 1 unspecified atom stereocenters. The SMILES string of the molecule is O=C1Nc2ccccc2C12CCOc1ccc(OS(=O)(=O)C(F)(F)F)cc12. The summed E-state index contributed by atoms with van der Waals surface area (Å²) in [5.74, 6) is -0.623. The molecule has 10 heteroatoms. The molecule has 0 saturated carbocycles. The Kier molecular flexibility index (Phi) is 3.68. The predicted molar refractivity (Wildman–Crippen MR) is 88.0 cm³/mol. The molecule has 142 valence electrons. The fourth-order valence-electron chi connectivity index (χ4n) is 3.47. The number of hydrogen-bond acceptors (Lipinski definition) is 5. The molecular formula is C17H12F3NO5S. The Hall–Kier alpha value is -2.75. The minimum absolute atomic E-state index is 0.218. The quantitative estimate of drug-likeness (QED) is 0.620. The molecule has 2 aromatic rings. The van der Waals surface area contributed by atoms with Crippen molar-refractivity contribution in [3.05, 3.63) is 53.6 Å². The third-order valence-corrected chi connectivity index (χ3v) is 5.64. The molecule has 27 heavy (non-hydrogen) atoms. The Balaban J connectivity index is 1.86. The van der Waals surface area contributed by atoms with Crippen LogP contribution >= 0.6 is 0 Å². The molecule has 0 aromatic heterocycles. The summed E-state index contributed by atoms with van der Waals surface area (Å²) in [6.45, 7) is 0.218. The van der Waals surface area contributed by atoms with E-state index < -0.39 is 26.8 Å². The number of para-hydroxylation sites is 1. The van der Waals surface area contributed by atoms with E-state index in [0.717, 1.165) is 12.1 Å². The molecule has 1 atom stereocenters. The molecule has 1 N–H and O–H groups in total. The summed E-state index contributed by atoms with van der Waals surface area (Å²) in [6, 6.07) is 10.4. The van der Waals surface area contributed by atoms with Crippen molar-refractivity contribution >= 4 is 21.7 Å². The van der Waals surface area contributed by atoms with Gasteiger partial charge in [-0.05, 0) is 29.8 Å². The average Bonchev–Trinajstić information content (AvgIpc) is 2.87. The van der Waals surface area contributed by atoms with E-state index in [1.807, 2.05) is 0 Å². The molecule has 0 radical (unpaired) electrons. The van der Waals surface area contributed by atoms with Gasteiger partial charge in [-0.3, -0.25) is 4.79 Å². The van der Waals surface area contributed by atoms with Crippen LogP contribution < -0.4 is 14.2 Å². The molecule has 6 nitrogen and oxygen atoms in total. The van der Waals surface area contributed by atoms with Crippen molar-refractivity contribution < 1.29 is 35.3 Å². The van der Waals surface area contributed by atoms with Gasteiger partial charge in [0.1, 0.15) is 16.9 Å². The Morgan fingerprint density at radius 1 is 1.11 bits per heavy atom. The van der Waals surface area contributed by atoms with Gasteiger partial charge in [-0.1, -0.05) is 18.2 Å². The standard InChI is InChI=1S/C17H12F3NO5S/c18-17(19,20)27(23,24)26-10-5-6-14-12(9-10)16(7-8-25-14)11-3-1-2-4-13(11)21-15(16)22/h1-6,9H,7-8H2,(H,21,22). The molecule has 0 bridgehead atoms. The first-order valence-electron chi connectivity index (χ1n) is 7.84. The lowest BCUT2D eigenvalue weighted by atomic mass is 9.71. The maximum atomic E-state index is 12.8. The number of fused-ring (bicyclic) bond motifs is 4. The lowest BCUT2D eigenvalue weighted by molar-refractivity contribution is -0.120. The van der Waals surface area contributed by atoms with Crippen molar-refractivity contribution in [2.45, 2.75) is 17.3 Å². The molecule has 2 aromatic carbocycles. The van der Waals surface area contributed by atoms with Crippen molar-refractivity contribution in [2.24, 2.45) is 0 Å². The van der Waals surface area contributed by atoms with Crippen LogP contribution in [0.4, 0.5) is 18.9 Å². The van der Waals surface area contributed by atoms with Gasteiger partial charge in [-0.2, -0.15) is 21.6 Å². The van der Waals surface area contributed by atoms with Crippen molar-refractivity contribution in [2.75, 3.05) is 11.9 Å². The van der Waals surface area contributed by atoms with Gasteiger partial charge in [-0.15, -0.1) is 0 Å². The highest BCUT2D eigenvalue weighted by molar-refractivity contribution is 7.88. The van der Waals surface area contributed by atoms with Crippen LogP contribution in [0, 0.1) is 0 Å². The van der Waals surface area contributed by atoms with Gasteiger partial charge < -0.3 is 14.2 Å². The topological polar surface area (TPSA) is 81.7 Å². The zero-order valence-electron chi connectivity index (χ0n) is 13.5. The minimum atomic E-state index is -5.83. The van der Waals surface area contributed by atoms with Gasteiger partial charge in [0, 0.05) is 17.7 Å². The van der Waals surface area contributed by atoms with Crippen LogP contribution in [0.5, 0.6) is 11.5 Å². The van der Waals surface area contributed by atoms with E-state index in [9.17, 15) is 26.4 Å². The Labute approximate surface area is 152 Å². The maximum absolute atomic E-state index is 12.8. The zero-order valence-corrected chi connectivity index (χ0v) is 14.4. The summed E-state index contributed by atoms with van der Waals surface area (Å²) in [5, 5.41) is 2.76. The number of halogens is 3. The van der Waals surface area contributed by atoms with E-state index in [2.05, 4.69) is 9.50 Å². The summed E-state index contributed by atoms with van der Waals surface area (Å²) >= 11 is 0. The number of anilines is 1. The fraction of sp³-hybridized carbons (Fsp3) is 0.235. The molecule has 2 heterocycles.